The number of hydrogen-bond donors (Lipinski definition) is 2. The number of benzene rings is 1. The fourth-order valence-electron chi connectivity index (χ4n) is 2.96. The molecule has 5 nitrogen and oxygen atoms in total. The number of nitrogens with one attached hydrogen (secondary N) is 2. The first-order chi connectivity index (χ1) is 12.1. The van der Waals surface area contributed by atoms with E-state index in [9.17, 15) is 0 Å². The summed E-state index contributed by atoms with van der Waals surface area (Å²) in [6.07, 6.45) is 4.30. The number of ether oxygens (including phenoxy) is 1. The summed E-state index contributed by atoms with van der Waals surface area (Å²) >= 11 is 0. The molecule has 0 saturated carbocycles. The van der Waals surface area contributed by atoms with Crippen LogP contribution < -0.4 is 15.4 Å². The summed E-state index contributed by atoms with van der Waals surface area (Å²) in [6, 6.07) is 8.62. The molecule has 0 bridgehead atoms. The molecular weight excluding hydrogens is 439 g/mol. The maximum atomic E-state index is 5.93. The van der Waals surface area contributed by atoms with Crippen LogP contribution in [0.3, 0.4) is 0 Å². The molecule has 1 atom stereocenters. The zero-order valence-electron chi connectivity index (χ0n) is 16.2. The second-order valence-corrected chi connectivity index (χ2v) is 6.70. The van der Waals surface area contributed by atoms with Gasteiger partial charge < -0.3 is 15.4 Å². The molecule has 1 saturated heterocycles. The maximum Gasteiger partial charge on any atom is 0.191 e. The molecule has 0 aliphatic carbocycles. The van der Waals surface area contributed by atoms with Gasteiger partial charge in [-0.05, 0) is 38.8 Å². The van der Waals surface area contributed by atoms with Crippen LogP contribution >= 0.6 is 24.0 Å². The molecule has 2 N–H and O–H groups in total. The molecule has 1 fully saturated rings. The zero-order chi connectivity index (χ0) is 18.1. The Hall–Kier alpha value is -1.28. The van der Waals surface area contributed by atoms with Gasteiger partial charge in [0.2, 0.25) is 0 Å². The Labute approximate surface area is 175 Å². The normalized spacial score (nSPS) is 17.1. The van der Waals surface area contributed by atoms with Crippen LogP contribution in [-0.4, -0.2) is 56.2 Å². The highest BCUT2D eigenvalue weighted by molar-refractivity contribution is 14.0. The first-order valence-electron chi connectivity index (χ1n) is 9.14. The van der Waals surface area contributed by atoms with Crippen LogP contribution in [-0.2, 0) is 0 Å². The van der Waals surface area contributed by atoms with Gasteiger partial charge in [0.05, 0.1) is 6.54 Å². The van der Waals surface area contributed by atoms with E-state index in [1.54, 1.807) is 0 Å². The van der Waals surface area contributed by atoms with Crippen LogP contribution in [0.15, 0.2) is 41.9 Å². The number of hydrogen-bond acceptors (Lipinski definition) is 3. The highest BCUT2D eigenvalue weighted by atomic mass is 127. The minimum atomic E-state index is 0. The number of guanidine groups is 1. The van der Waals surface area contributed by atoms with Crippen molar-refractivity contribution in [3.05, 3.63) is 42.5 Å². The number of rotatable bonds is 7. The number of nitrogens with zero attached hydrogens (tertiary/aromatic N) is 2. The van der Waals surface area contributed by atoms with Crippen LogP contribution in [0.2, 0.25) is 0 Å². The Bertz CT molecular complexity index is 553. The largest absolute Gasteiger partial charge is 0.489 e. The molecule has 0 radical (unpaired) electrons. The minimum Gasteiger partial charge on any atom is -0.489 e. The average molecular weight is 472 g/mol. The Balaban J connectivity index is 0.00000338. The standard InChI is InChI=1S/C20H32N4O.HI/c1-5-12-24-13-10-18(11-14-24)23-20(21-4)22-15-17(3)25-19-8-6-16(2)7-9-19;/h5-9,17-18H,1,10-15H2,2-4H3,(H2,21,22,23);1H. The Morgan fingerprint density at radius 1 is 1.35 bits per heavy atom. The molecule has 6 heteroatoms. The van der Waals surface area contributed by atoms with E-state index < -0.39 is 0 Å². The Kier molecular flexibility index (Phi) is 10.7. The number of piperidine rings is 1. The minimum absolute atomic E-state index is 0. The van der Waals surface area contributed by atoms with Crippen LogP contribution in [0, 0.1) is 6.92 Å². The topological polar surface area (TPSA) is 48.9 Å². The molecule has 0 aromatic heterocycles. The smallest absolute Gasteiger partial charge is 0.191 e. The fraction of sp³-hybridized carbons (Fsp3) is 0.550. The van der Waals surface area contributed by atoms with Crippen molar-refractivity contribution in [2.45, 2.75) is 38.8 Å². The summed E-state index contributed by atoms with van der Waals surface area (Å²) in [5, 5.41) is 6.89. The number of aliphatic imine (C=N–C) groups is 1. The molecule has 1 unspecified atom stereocenters. The first kappa shape index (κ1) is 22.8. The van der Waals surface area contributed by atoms with Crippen molar-refractivity contribution < 1.29 is 4.74 Å². The Morgan fingerprint density at radius 2 is 2.00 bits per heavy atom. The Morgan fingerprint density at radius 3 is 2.58 bits per heavy atom. The molecule has 2 rings (SSSR count). The van der Waals surface area contributed by atoms with E-state index in [1.807, 2.05) is 25.3 Å². The predicted octanol–water partition coefficient (Wildman–Crippen LogP) is 3.20. The van der Waals surface area contributed by atoms with Crippen molar-refractivity contribution in [3.8, 4) is 5.75 Å². The van der Waals surface area contributed by atoms with Crippen LogP contribution in [0.4, 0.5) is 0 Å². The third-order valence-electron chi connectivity index (χ3n) is 4.45. The van der Waals surface area contributed by atoms with Crippen LogP contribution in [0.5, 0.6) is 5.75 Å². The van der Waals surface area contributed by atoms with Crippen molar-refractivity contribution >= 4 is 29.9 Å². The molecular formula is C20H33IN4O. The molecule has 1 aromatic carbocycles. The van der Waals surface area contributed by atoms with Crippen molar-refractivity contribution in [1.82, 2.24) is 15.5 Å². The van der Waals surface area contributed by atoms with Crippen molar-refractivity contribution in [3.63, 3.8) is 0 Å². The monoisotopic (exact) mass is 472 g/mol. The summed E-state index contributed by atoms with van der Waals surface area (Å²) in [7, 11) is 1.81. The van der Waals surface area contributed by atoms with E-state index in [4.69, 9.17) is 4.74 Å². The van der Waals surface area contributed by atoms with E-state index in [0.717, 1.165) is 44.2 Å². The lowest BCUT2D eigenvalue weighted by Gasteiger charge is -2.32. The lowest BCUT2D eigenvalue weighted by Crippen LogP contribution is -2.50. The van der Waals surface area contributed by atoms with E-state index in [-0.39, 0.29) is 30.1 Å². The first-order valence-corrected chi connectivity index (χ1v) is 9.14. The molecule has 0 amide bonds. The predicted molar refractivity (Wildman–Crippen MR) is 121 cm³/mol. The van der Waals surface area contributed by atoms with E-state index in [1.165, 1.54) is 5.56 Å². The molecule has 1 aliphatic rings. The molecule has 1 heterocycles. The second-order valence-electron chi connectivity index (χ2n) is 6.70. The molecule has 1 aliphatic heterocycles. The lowest BCUT2D eigenvalue weighted by molar-refractivity contribution is 0.219. The average Bonchev–Trinajstić information content (AvgIpc) is 2.62. The molecule has 0 spiro atoms. The van der Waals surface area contributed by atoms with Crippen molar-refractivity contribution in [1.29, 1.82) is 0 Å². The highest BCUT2D eigenvalue weighted by Gasteiger charge is 2.19. The van der Waals surface area contributed by atoms with Crippen LogP contribution in [0.1, 0.15) is 25.3 Å². The van der Waals surface area contributed by atoms with Gasteiger partial charge in [0.1, 0.15) is 11.9 Å². The summed E-state index contributed by atoms with van der Waals surface area (Å²) in [6.45, 7) is 11.9. The van der Waals surface area contributed by atoms with Crippen LogP contribution in [0.25, 0.3) is 0 Å². The molecule has 26 heavy (non-hydrogen) atoms. The lowest BCUT2D eigenvalue weighted by atomic mass is 10.1. The van der Waals surface area contributed by atoms with Gasteiger partial charge >= 0.3 is 0 Å². The highest BCUT2D eigenvalue weighted by Crippen LogP contribution is 2.13. The van der Waals surface area contributed by atoms with Gasteiger partial charge in [-0.2, -0.15) is 0 Å². The summed E-state index contributed by atoms with van der Waals surface area (Å²) < 4.78 is 5.93. The van der Waals surface area contributed by atoms with Gasteiger partial charge in [-0.15, -0.1) is 30.6 Å². The van der Waals surface area contributed by atoms with Gasteiger partial charge in [0.25, 0.3) is 0 Å². The van der Waals surface area contributed by atoms with E-state index >= 15 is 0 Å². The third kappa shape index (κ3) is 7.95. The summed E-state index contributed by atoms with van der Waals surface area (Å²) in [5.74, 6) is 1.75. The molecule has 146 valence electrons. The van der Waals surface area contributed by atoms with Crippen molar-refractivity contribution in [2.24, 2.45) is 4.99 Å². The fourth-order valence-corrected chi connectivity index (χ4v) is 2.96. The van der Waals surface area contributed by atoms with Gasteiger partial charge in [-0.25, -0.2) is 0 Å². The van der Waals surface area contributed by atoms with Gasteiger partial charge in [0, 0.05) is 32.7 Å². The van der Waals surface area contributed by atoms with Gasteiger partial charge in [-0.3, -0.25) is 9.89 Å². The number of aryl methyl sites for hydroxylation is 1. The summed E-state index contributed by atoms with van der Waals surface area (Å²) in [4.78, 5) is 6.77. The quantitative estimate of drug-likeness (QED) is 0.277. The zero-order valence-corrected chi connectivity index (χ0v) is 18.5. The molecule has 1 aromatic rings. The van der Waals surface area contributed by atoms with Gasteiger partial charge in [0.15, 0.2) is 5.96 Å². The second kappa shape index (κ2) is 12.2. The van der Waals surface area contributed by atoms with Crippen molar-refractivity contribution in [2.75, 3.05) is 33.2 Å². The number of halogens is 1. The van der Waals surface area contributed by atoms with E-state index in [2.05, 4.69) is 53.1 Å². The third-order valence-corrected chi connectivity index (χ3v) is 4.45. The summed E-state index contributed by atoms with van der Waals surface area (Å²) in [5.41, 5.74) is 1.24. The number of likely N-dealkylation sites (tertiary alicyclic amines) is 1. The van der Waals surface area contributed by atoms with Gasteiger partial charge in [-0.1, -0.05) is 23.8 Å². The van der Waals surface area contributed by atoms with E-state index in [0.29, 0.717) is 12.6 Å². The SMILES string of the molecule is C=CCN1CCC(NC(=NC)NCC(C)Oc2ccc(C)cc2)CC1.I. The maximum absolute atomic E-state index is 5.93.